The predicted molar refractivity (Wildman–Crippen MR) is 79.9 cm³/mol. The minimum Gasteiger partial charge on any atom is -0.478 e. The number of nitrogens with zero attached hydrogens (tertiary/aromatic N) is 2. The molecule has 0 amide bonds. The first-order valence-corrected chi connectivity index (χ1v) is 7.22. The molecule has 0 bridgehead atoms. The Morgan fingerprint density at radius 1 is 1.20 bits per heavy atom. The number of carbonyl (C=O) groups is 1. The molecular formula is C16H20N2O2. The number of carboxylic acid groups (broad SMARTS) is 1. The number of hydrogen-bond acceptors (Lipinski definition) is 3. The van der Waals surface area contributed by atoms with Gasteiger partial charge in [0.15, 0.2) is 0 Å². The van der Waals surface area contributed by atoms with Gasteiger partial charge in [-0.05, 0) is 43.2 Å². The highest BCUT2D eigenvalue weighted by Gasteiger charge is 2.30. The Morgan fingerprint density at radius 2 is 2.00 bits per heavy atom. The highest BCUT2D eigenvalue weighted by molar-refractivity contribution is 5.85. The molecule has 1 N–H and O–H groups in total. The third-order valence-corrected chi connectivity index (χ3v) is 4.26. The van der Waals surface area contributed by atoms with Crippen LogP contribution in [-0.4, -0.2) is 48.2 Å². The molecule has 1 aromatic carbocycles. The average molecular weight is 272 g/mol. The van der Waals surface area contributed by atoms with Gasteiger partial charge < -0.3 is 10.0 Å². The van der Waals surface area contributed by atoms with Crippen LogP contribution >= 0.6 is 0 Å². The van der Waals surface area contributed by atoms with Gasteiger partial charge in [-0.1, -0.05) is 12.1 Å². The van der Waals surface area contributed by atoms with Crippen molar-refractivity contribution >= 4 is 17.7 Å². The van der Waals surface area contributed by atoms with Crippen LogP contribution in [0.25, 0.3) is 6.08 Å². The summed E-state index contributed by atoms with van der Waals surface area (Å²) in [5.41, 5.74) is 2.17. The lowest BCUT2D eigenvalue weighted by molar-refractivity contribution is -0.131. The van der Waals surface area contributed by atoms with E-state index in [-0.39, 0.29) is 0 Å². The lowest BCUT2D eigenvalue weighted by Gasteiger charge is -2.38. The summed E-state index contributed by atoms with van der Waals surface area (Å²) in [6.07, 6.45) is 5.45. The monoisotopic (exact) mass is 272 g/mol. The van der Waals surface area contributed by atoms with Gasteiger partial charge in [0.1, 0.15) is 0 Å². The molecule has 0 aliphatic carbocycles. The average Bonchev–Trinajstić information content (AvgIpc) is 2.93. The number of benzene rings is 1. The molecule has 2 aliphatic rings. The van der Waals surface area contributed by atoms with Crippen molar-refractivity contribution in [2.75, 3.05) is 31.1 Å². The van der Waals surface area contributed by atoms with Crippen molar-refractivity contribution in [3.63, 3.8) is 0 Å². The quantitative estimate of drug-likeness (QED) is 0.856. The molecule has 3 rings (SSSR count). The number of fused-ring (bicyclic) bond motifs is 1. The van der Waals surface area contributed by atoms with Crippen molar-refractivity contribution in [1.29, 1.82) is 0 Å². The Kier molecular flexibility index (Phi) is 3.74. The number of hydrogen-bond donors (Lipinski definition) is 1. The van der Waals surface area contributed by atoms with E-state index in [4.69, 9.17) is 5.11 Å². The lowest BCUT2D eigenvalue weighted by Crippen LogP contribution is -2.50. The van der Waals surface area contributed by atoms with Crippen LogP contribution in [0.15, 0.2) is 30.3 Å². The summed E-state index contributed by atoms with van der Waals surface area (Å²) in [6.45, 7) is 4.62. The van der Waals surface area contributed by atoms with Gasteiger partial charge >= 0.3 is 5.97 Å². The summed E-state index contributed by atoms with van der Waals surface area (Å²) in [5.74, 6) is -0.911. The minimum absolute atomic E-state index is 0.718. The maximum absolute atomic E-state index is 10.5. The van der Waals surface area contributed by atoms with Crippen molar-refractivity contribution in [2.45, 2.75) is 18.9 Å². The van der Waals surface area contributed by atoms with Crippen LogP contribution in [0.5, 0.6) is 0 Å². The topological polar surface area (TPSA) is 43.8 Å². The number of carboxylic acids is 1. The van der Waals surface area contributed by atoms with E-state index < -0.39 is 5.97 Å². The molecule has 2 fully saturated rings. The van der Waals surface area contributed by atoms with Gasteiger partial charge in [0.05, 0.1) is 0 Å². The smallest absolute Gasteiger partial charge is 0.328 e. The fourth-order valence-corrected chi connectivity index (χ4v) is 3.19. The molecule has 106 valence electrons. The Balaban J connectivity index is 1.67. The summed E-state index contributed by atoms with van der Waals surface area (Å²) in [6, 6.07) is 8.86. The van der Waals surface area contributed by atoms with Gasteiger partial charge in [-0.3, -0.25) is 4.90 Å². The van der Waals surface area contributed by atoms with E-state index in [0.29, 0.717) is 0 Å². The molecule has 2 saturated heterocycles. The molecule has 0 aromatic heterocycles. The second kappa shape index (κ2) is 5.67. The van der Waals surface area contributed by atoms with Crippen LogP contribution in [0, 0.1) is 0 Å². The standard InChI is InChI=1S/C16H20N2O2/c19-16(20)8-5-13-3-6-14(7-4-13)18-11-10-17-9-1-2-15(17)12-18/h3-8,15H,1-2,9-12H2,(H,19,20)/b8-5+. The highest BCUT2D eigenvalue weighted by atomic mass is 16.4. The lowest BCUT2D eigenvalue weighted by atomic mass is 10.1. The molecule has 2 heterocycles. The largest absolute Gasteiger partial charge is 0.478 e. The van der Waals surface area contributed by atoms with E-state index in [0.717, 1.165) is 31.2 Å². The molecule has 1 aromatic rings. The zero-order chi connectivity index (χ0) is 13.9. The Morgan fingerprint density at radius 3 is 2.75 bits per heavy atom. The van der Waals surface area contributed by atoms with Crippen LogP contribution in [0.3, 0.4) is 0 Å². The third-order valence-electron chi connectivity index (χ3n) is 4.26. The number of anilines is 1. The maximum atomic E-state index is 10.5. The van der Waals surface area contributed by atoms with Gasteiger partial charge in [0, 0.05) is 37.4 Å². The van der Waals surface area contributed by atoms with Crippen molar-refractivity contribution < 1.29 is 9.90 Å². The second-order valence-corrected chi connectivity index (χ2v) is 5.54. The van der Waals surface area contributed by atoms with Crippen molar-refractivity contribution in [1.82, 2.24) is 4.90 Å². The minimum atomic E-state index is -0.911. The first-order valence-electron chi connectivity index (χ1n) is 7.22. The third kappa shape index (κ3) is 2.85. The Labute approximate surface area is 119 Å². The van der Waals surface area contributed by atoms with Crippen molar-refractivity contribution in [3.05, 3.63) is 35.9 Å². The van der Waals surface area contributed by atoms with E-state index in [2.05, 4.69) is 21.9 Å². The van der Waals surface area contributed by atoms with Crippen molar-refractivity contribution in [2.24, 2.45) is 0 Å². The van der Waals surface area contributed by atoms with Crippen LogP contribution in [0.1, 0.15) is 18.4 Å². The van der Waals surface area contributed by atoms with Gasteiger partial charge in [-0.25, -0.2) is 4.79 Å². The van der Waals surface area contributed by atoms with Crippen LogP contribution < -0.4 is 4.90 Å². The maximum Gasteiger partial charge on any atom is 0.328 e. The molecule has 4 heteroatoms. The van der Waals surface area contributed by atoms with Crippen LogP contribution in [-0.2, 0) is 4.79 Å². The highest BCUT2D eigenvalue weighted by Crippen LogP contribution is 2.25. The molecule has 4 nitrogen and oxygen atoms in total. The summed E-state index contributed by atoms with van der Waals surface area (Å²) in [5, 5.41) is 8.62. The zero-order valence-electron chi connectivity index (χ0n) is 11.5. The Hall–Kier alpha value is -1.81. The zero-order valence-corrected chi connectivity index (χ0v) is 11.5. The van der Waals surface area contributed by atoms with E-state index in [9.17, 15) is 4.79 Å². The van der Waals surface area contributed by atoms with E-state index in [1.54, 1.807) is 6.08 Å². The molecule has 1 atom stereocenters. The predicted octanol–water partition coefficient (Wildman–Crippen LogP) is 2.07. The van der Waals surface area contributed by atoms with Crippen LogP contribution in [0.2, 0.25) is 0 Å². The molecule has 0 spiro atoms. The molecule has 20 heavy (non-hydrogen) atoms. The number of rotatable bonds is 3. The fraction of sp³-hybridized carbons (Fsp3) is 0.438. The molecule has 0 radical (unpaired) electrons. The molecule has 2 aliphatic heterocycles. The van der Waals surface area contributed by atoms with Gasteiger partial charge in [0.2, 0.25) is 0 Å². The van der Waals surface area contributed by atoms with E-state index >= 15 is 0 Å². The molecule has 1 unspecified atom stereocenters. The normalized spacial score (nSPS) is 23.2. The number of aliphatic carboxylic acids is 1. The second-order valence-electron chi connectivity index (χ2n) is 5.54. The van der Waals surface area contributed by atoms with Gasteiger partial charge in [0.25, 0.3) is 0 Å². The Bertz CT molecular complexity index is 510. The molecule has 0 saturated carbocycles. The first kappa shape index (κ1) is 13.2. The summed E-state index contributed by atoms with van der Waals surface area (Å²) >= 11 is 0. The summed E-state index contributed by atoms with van der Waals surface area (Å²) in [7, 11) is 0. The SMILES string of the molecule is O=C(O)/C=C/c1ccc(N2CCN3CCCC3C2)cc1. The number of piperazine rings is 1. The van der Waals surface area contributed by atoms with Gasteiger partial charge in [-0.2, -0.15) is 0 Å². The van der Waals surface area contributed by atoms with E-state index in [1.807, 2.05) is 12.1 Å². The van der Waals surface area contributed by atoms with Crippen molar-refractivity contribution in [3.8, 4) is 0 Å². The fourth-order valence-electron chi connectivity index (χ4n) is 3.19. The van der Waals surface area contributed by atoms with E-state index in [1.165, 1.54) is 31.1 Å². The van der Waals surface area contributed by atoms with Gasteiger partial charge in [-0.15, -0.1) is 0 Å². The molecular weight excluding hydrogens is 252 g/mol. The summed E-state index contributed by atoms with van der Waals surface area (Å²) < 4.78 is 0. The summed E-state index contributed by atoms with van der Waals surface area (Å²) in [4.78, 5) is 15.5. The van der Waals surface area contributed by atoms with Crippen LogP contribution in [0.4, 0.5) is 5.69 Å². The first-order chi connectivity index (χ1) is 9.72.